The molecule has 0 fully saturated rings. The predicted molar refractivity (Wildman–Crippen MR) is 69.9 cm³/mol. The third-order valence-corrected chi connectivity index (χ3v) is 2.01. The molecule has 0 saturated carbocycles. The van der Waals surface area contributed by atoms with Crippen molar-refractivity contribution in [2.45, 2.75) is 0 Å². The van der Waals surface area contributed by atoms with Gasteiger partial charge in [0.05, 0.1) is 0 Å². The van der Waals surface area contributed by atoms with Crippen LogP contribution in [0.25, 0.3) is 0 Å². The fraction of sp³-hybridized carbons (Fsp3) is 0.0833. The SMILES string of the molecule is CNC(=O)Nc1ccc(NC(=O)/C=C/C(=O)O)cc1. The van der Waals surface area contributed by atoms with E-state index in [-0.39, 0.29) is 6.03 Å². The van der Waals surface area contributed by atoms with Crippen LogP contribution in [0.15, 0.2) is 36.4 Å². The molecule has 0 unspecified atom stereocenters. The van der Waals surface area contributed by atoms with Gasteiger partial charge in [-0.05, 0) is 24.3 Å². The number of carboxylic acids is 1. The van der Waals surface area contributed by atoms with Crippen molar-refractivity contribution in [1.82, 2.24) is 5.32 Å². The second-order valence-corrected chi connectivity index (χ2v) is 3.44. The van der Waals surface area contributed by atoms with Gasteiger partial charge in [-0.1, -0.05) is 0 Å². The molecule has 7 heteroatoms. The van der Waals surface area contributed by atoms with E-state index in [1.165, 1.54) is 7.05 Å². The quantitative estimate of drug-likeness (QED) is 0.608. The first-order chi connectivity index (χ1) is 9.01. The molecule has 0 aliphatic heterocycles. The summed E-state index contributed by atoms with van der Waals surface area (Å²) in [5.74, 6) is -1.74. The van der Waals surface area contributed by atoms with Crippen molar-refractivity contribution in [2.24, 2.45) is 0 Å². The van der Waals surface area contributed by atoms with Crippen molar-refractivity contribution < 1.29 is 19.5 Å². The molecule has 1 aromatic carbocycles. The van der Waals surface area contributed by atoms with E-state index in [9.17, 15) is 14.4 Å². The molecule has 100 valence electrons. The maximum atomic E-state index is 11.3. The Balaban J connectivity index is 2.59. The van der Waals surface area contributed by atoms with Crippen molar-refractivity contribution in [2.75, 3.05) is 17.7 Å². The molecule has 1 rings (SSSR count). The minimum atomic E-state index is -1.19. The van der Waals surface area contributed by atoms with Gasteiger partial charge in [0.15, 0.2) is 0 Å². The Morgan fingerprint density at radius 3 is 2.00 bits per heavy atom. The molecule has 0 aliphatic rings. The first kappa shape index (κ1) is 14.2. The van der Waals surface area contributed by atoms with E-state index >= 15 is 0 Å². The summed E-state index contributed by atoms with van der Waals surface area (Å²) in [6, 6.07) is 6.02. The van der Waals surface area contributed by atoms with Gasteiger partial charge >= 0.3 is 12.0 Å². The molecule has 0 saturated heterocycles. The maximum Gasteiger partial charge on any atom is 0.328 e. The Kier molecular flexibility index (Phi) is 5.09. The molecule has 0 radical (unpaired) electrons. The molecule has 0 bridgehead atoms. The van der Waals surface area contributed by atoms with Gasteiger partial charge in [-0.3, -0.25) is 4.79 Å². The summed E-state index contributed by atoms with van der Waals surface area (Å²) < 4.78 is 0. The standard InChI is InChI=1S/C12H13N3O4/c1-13-12(19)15-9-4-2-8(3-5-9)14-10(16)6-7-11(17)18/h2-7H,1H3,(H,14,16)(H,17,18)(H2,13,15,19)/b7-6+. The van der Waals surface area contributed by atoms with Crippen LogP contribution in [-0.4, -0.2) is 30.1 Å². The van der Waals surface area contributed by atoms with Gasteiger partial charge in [0, 0.05) is 30.6 Å². The average Bonchev–Trinajstić information content (AvgIpc) is 2.38. The lowest BCUT2D eigenvalue weighted by Crippen LogP contribution is -2.24. The van der Waals surface area contributed by atoms with Crippen molar-refractivity contribution >= 4 is 29.3 Å². The molecule has 0 atom stereocenters. The molecule has 3 amide bonds. The second-order valence-electron chi connectivity index (χ2n) is 3.44. The third kappa shape index (κ3) is 5.35. The van der Waals surface area contributed by atoms with E-state index in [2.05, 4.69) is 16.0 Å². The van der Waals surface area contributed by atoms with Crippen LogP contribution in [0, 0.1) is 0 Å². The minimum Gasteiger partial charge on any atom is -0.478 e. The van der Waals surface area contributed by atoms with E-state index in [4.69, 9.17) is 5.11 Å². The van der Waals surface area contributed by atoms with Crippen LogP contribution < -0.4 is 16.0 Å². The predicted octanol–water partition coefficient (Wildman–Crippen LogP) is 1.02. The lowest BCUT2D eigenvalue weighted by atomic mass is 10.2. The van der Waals surface area contributed by atoms with Gasteiger partial charge < -0.3 is 21.1 Å². The smallest absolute Gasteiger partial charge is 0.328 e. The van der Waals surface area contributed by atoms with Crippen LogP contribution in [0.3, 0.4) is 0 Å². The average molecular weight is 263 g/mol. The van der Waals surface area contributed by atoms with Crippen LogP contribution in [0.4, 0.5) is 16.2 Å². The number of benzene rings is 1. The minimum absolute atomic E-state index is 0.346. The van der Waals surface area contributed by atoms with Crippen LogP contribution in [0.5, 0.6) is 0 Å². The highest BCUT2D eigenvalue weighted by molar-refractivity contribution is 6.02. The van der Waals surface area contributed by atoms with Gasteiger partial charge in [0.25, 0.3) is 0 Å². The van der Waals surface area contributed by atoms with Crippen molar-refractivity contribution in [1.29, 1.82) is 0 Å². The summed E-state index contributed by atoms with van der Waals surface area (Å²) in [4.78, 5) is 32.5. The fourth-order valence-electron chi connectivity index (χ4n) is 1.16. The molecular formula is C12H13N3O4. The first-order valence-electron chi connectivity index (χ1n) is 5.32. The number of anilines is 2. The largest absolute Gasteiger partial charge is 0.478 e. The van der Waals surface area contributed by atoms with Crippen LogP contribution >= 0.6 is 0 Å². The molecule has 0 spiro atoms. The number of carboxylic acid groups (broad SMARTS) is 1. The Labute approximate surface area is 109 Å². The number of carbonyl (C=O) groups excluding carboxylic acids is 2. The number of rotatable bonds is 4. The Bertz CT molecular complexity index is 508. The highest BCUT2D eigenvalue weighted by Gasteiger charge is 2.01. The van der Waals surface area contributed by atoms with Crippen molar-refractivity contribution in [3.63, 3.8) is 0 Å². The lowest BCUT2D eigenvalue weighted by Gasteiger charge is -2.06. The second kappa shape index (κ2) is 6.80. The molecule has 0 heterocycles. The van der Waals surface area contributed by atoms with E-state index in [0.717, 1.165) is 12.2 Å². The van der Waals surface area contributed by atoms with Gasteiger partial charge in [-0.2, -0.15) is 0 Å². The number of aliphatic carboxylic acids is 1. The van der Waals surface area contributed by atoms with Crippen LogP contribution in [-0.2, 0) is 9.59 Å². The van der Waals surface area contributed by atoms with Gasteiger partial charge in [-0.15, -0.1) is 0 Å². The lowest BCUT2D eigenvalue weighted by molar-refractivity contribution is -0.131. The normalized spacial score (nSPS) is 9.95. The molecule has 0 aliphatic carbocycles. The summed E-state index contributed by atoms with van der Waals surface area (Å²) in [5, 5.41) is 15.8. The van der Waals surface area contributed by atoms with E-state index in [0.29, 0.717) is 11.4 Å². The highest BCUT2D eigenvalue weighted by atomic mass is 16.4. The monoisotopic (exact) mass is 263 g/mol. The third-order valence-electron chi connectivity index (χ3n) is 2.01. The first-order valence-corrected chi connectivity index (χ1v) is 5.32. The summed E-state index contributed by atoms with van der Waals surface area (Å²) in [5.41, 5.74) is 1.06. The number of hydrogen-bond donors (Lipinski definition) is 4. The van der Waals surface area contributed by atoms with Gasteiger partial charge in [-0.25, -0.2) is 9.59 Å². The number of nitrogens with one attached hydrogen (secondary N) is 3. The fourth-order valence-corrected chi connectivity index (χ4v) is 1.16. The Morgan fingerprint density at radius 2 is 1.53 bits per heavy atom. The molecule has 0 aromatic heterocycles. The zero-order valence-electron chi connectivity index (χ0n) is 10.1. The van der Waals surface area contributed by atoms with Gasteiger partial charge in [0.1, 0.15) is 0 Å². The van der Waals surface area contributed by atoms with E-state index in [1.807, 2.05) is 0 Å². The summed E-state index contributed by atoms with van der Waals surface area (Å²) in [6.07, 6.45) is 1.66. The summed E-state index contributed by atoms with van der Waals surface area (Å²) >= 11 is 0. The van der Waals surface area contributed by atoms with Gasteiger partial charge in [0.2, 0.25) is 5.91 Å². The van der Waals surface area contributed by atoms with E-state index in [1.54, 1.807) is 24.3 Å². The van der Waals surface area contributed by atoms with E-state index < -0.39 is 11.9 Å². The number of carbonyl (C=O) groups is 3. The number of amides is 3. The molecule has 1 aromatic rings. The van der Waals surface area contributed by atoms with Crippen molar-refractivity contribution in [3.8, 4) is 0 Å². The maximum absolute atomic E-state index is 11.3. The molecule has 7 nitrogen and oxygen atoms in total. The topological polar surface area (TPSA) is 108 Å². The number of hydrogen-bond acceptors (Lipinski definition) is 3. The highest BCUT2D eigenvalue weighted by Crippen LogP contribution is 2.13. The molecule has 19 heavy (non-hydrogen) atoms. The Hall–Kier alpha value is -2.83. The summed E-state index contributed by atoms with van der Waals surface area (Å²) in [7, 11) is 1.50. The summed E-state index contributed by atoms with van der Waals surface area (Å²) in [6.45, 7) is 0. The molecule has 4 N–H and O–H groups in total. The zero-order valence-corrected chi connectivity index (χ0v) is 10.1. The Morgan fingerprint density at radius 1 is 1.00 bits per heavy atom. The van der Waals surface area contributed by atoms with Crippen LogP contribution in [0.1, 0.15) is 0 Å². The van der Waals surface area contributed by atoms with Crippen LogP contribution in [0.2, 0.25) is 0 Å². The number of urea groups is 1. The zero-order chi connectivity index (χ0) is 14.3. The van der Waals surface area contributed by atoms with Crippen molar-refractivity contribution in [3.05, 3.63) is 36.4 Å². The molecular weight excluding hydrogens is 250 g/mol.